The molecule has 0 unspecified atom stereocenters. The number of imide groups is 1. The lowest BCUT2D eigenvalue weighted by atomic mass is 9.87. The molecule has 0 atom stereocenters. The topological polar surface area (TPSA) is 117 Å². The molecule has 0 bridgehead atoms. The zero-order valence-electron chi connectivity index (χ0n) is 15.0. The Morgan fingerprint density at radius 3 is 2.27 bits per heavy atom. The van der Waals surface area contributed by atoms with Crippen LogP contribution in [0.2, 0.25) is 0 Å². The molecule has 2 fully saturated rings. The number of nitrogens with zero attached hydrogens (tertiary/aromatic N) is 4. The van der Waals surface area contributed by atoms with Gasteiger partial charge in [0.05, 0.1) is 6.07 Å². The smallest absolute Gasteiger partial charge is 0.407 e. The molecule has 1 saturated carbocycles. The highest BCUT2D eigenvalue weighted by molar-refractivity contribution is 5.93. The van der Waals surface area contributed by atoms with Crippen molar-refractivity contribution in [2.75, 3.05) is 39.3 Å². The van der Waals surface area contributed by atoms with E-state index in [9.17, 15) is 14.4 Å². The van der Waals surface area contributed by atoms with Crippen molar-refractivity contribution in [1.29, 1.82) is 5.26 Å². The molecule has 0 aromatic heterocycles. The molecule has 1 heterocycles. The fraction of sp³-hybridized carbons (Fsp3) is 0.765. The number of amides is 5. The summed E-state index contributed by atoms with van der Waals surface area (Å²) in [6.45, 7) is 1.15. The van der Waals surface area contributed by atoms with Gasteiger partial charge < -0.3 is 20.2 Å². The fourth-order valence-corrected chi connectivity index (χ4v) is 3.54. The molecule has 2 N–H and O–H groups in total. The Labute approximate surface area is 153 Å². The average Bonchev–Trinajstić information content (AvgIpc) is 2.67. The highest BCUT2D eigenvalue weighted by Gasteiger charge is 2.30. The Balaban J connectivity index is 1.95. The van der Waals surface area contributed by atoms with Crippen LogP contribution in [-0.4, -0.2) is 77.2 Å². The number of carbonyl (C=O) groups is 3. The minimum atomic E-state index is -1.00. The van der Waals surface area contributed by atoms with Crippen molar-refractivity contribution in [1.82, 2.24) is 20.0 Å². The number of rotatable bonds is 4. The Kier molecular flexibility index (Phi) is 7.51. The number of carbonyl (C=O) groups excluding carboxylic acids is 2. The molecule has 9 nitrogen and oxygen atoms in total. The first-order valence-electron chi connectivity index (χ1n) is 9.22. The summed E-state index contributed by atoms with van der Waals surface area (Å²) >= 11 is 0. The minimum Gasteiger partial charge on any atom is -0.465 e. The van der Waals surface area contributed by atoms with Gasteiger partial charge in [0.15, 0.2) is 0 Å². The molecule has 26 heavy (non-hydrogen) atoms. The van der Waals surface area contributed by atoms with Crippen molar-refractivity contribution in [2.24, 2.45) is 5.92 Å². The normalized spacial score (nSPS) is 18.1. The maximum atomic E-state index is 12.8. The lowest BCUT2D eigenvalue weighted by molar-refractivity contribution is 0.101. The van der Waals surface area contributed by atoms with E-state index in [2.05, 4.69) is 5.32 Å². The maximum Gasteiger partial charge on any atom is 0.407 e. The van der Waals surface area contributed by atoms with E-state index < -0.39 is 18.2 Å². The SMILES string of the molecule is N#CCNC(=O)N(CCC1CCCCC1)C(=O)N1CCN(C(=O)O)CC1. The first-order chi connectivity index (χ1) is 12.5. The molecular formula is C17H27N5O4. The molecule has 0 radical (unpaired) electrons. The lowest BCUT2D eigenvalue weighted by Gasteiger charge is -2.36. The summed E-state index contributed by atoms with van der Waals surface area (Å²) in [5.41, 5.74) is 0. The highest BCUT2D eigenvalue weighted by atomic mass is 16.4. The van der Waals surface area contributed by atoms with E-state index in [1.807, 2.05) is 6.07 Å². The highest BCUT2D eigenvalue weighted by Crippen LogP contribution is 2.26. The van der Waals surface area contributed by atoms with Gasteiger partial charge in [-0.1, -0.05) is 32.1 Å². The molecule has 1 saturated heterocycles. The Morgan fingerprint density at radius 2 is 1.69 bits per heavy atom. The van der Waals surface area contributed by atoms with E-state index in [0.29, 0.717) is 12.5 Å². The number of piperazine rings is 1. The van der Waals surface area contributed by atoms with Crippen LogP contribution in [0.3, 0.4) is 0 Å². The standard InChI is InChI=1S/C17H27N5O4/c18-7-8-19-15(23)22(9-6-14-4-2-1-3-5-14)16(24)20-10-12-21(13-11-20)17(25)26/h14H,1-6,8-13H2,(H,19,23)(H,25,26). The van der Waals surface area contributed by atoms with E-state index in [4.69, 9.17) is 10.4 Å². The number of carboxylic acid groups (broad SMARTS) is 1. The molecule has 144 valence electrons. The van der Waals surface area contributed by atoms with Crippen molar-refractivity contribution < 1.29 is 19.5 Å². The monoisotopic (exact) mass is 365 g/mol. The summed E-state index contributed by atoms with van der Waals surface area (Å²) < 4.78 is 0. The first kappa shape index (κ1) is 19.8. The average molecular weight is 365 g/mol. The van der Waals surface area contributed by atoms with Gasteiger partial charge in [-0.25, -0.2) is 19.3 Å². The van der Waals surface area contributed by atoms with E-state index in [1.165, 1.54) is 34.0 Å². The van der Waals surface area contributed by atoms with Gasteiger partial charge in [-0.15, -0.1) is 0 Å². The van der Waals surface area contributed by atoms with Gasteiger partial charge in [0.1, 0.15) is 6.54 Å². The second-order valence-corrected chi connectivity index (χ2v) is 6.80. The largest absolute Gasteiger partial charge is 0.465 e. The summed E-state index contributed by atoms with van der Waals surface area (Å²) in [5, 5.41) is 20.1. The van der Waals surface area contributed by atoms with E-state index in [1.54, 1.807) is 0 Å². The summed E-state index contributed by atoms with van der Waals surface area (Å²) in [5.74, 6) is 0.520. The van der Waals surface area contributed by atoms with Crippen molar-refractivity contribution in [2.45, 2.75) is 38.5 Å². The number of urea groups is 2. The number of hydrogen-bond donors (Lipinski definition) is 2. The summed E-state index contributed by atoms with van der Waals surface area (Å²) in [6, 6.07) is 0.863. The van der Waals surface area contributed by atoms with Crippen LogP contribution >= 0.6 is 0 Å². The summed E-state index contributed by atoms with van der Waals surface area (Å²) in [4.78, 5) is 40.1. The third kappa shape index (κ3) is 5.51. The molecule has 1 aliphatic carbocycles. The maximum absolute atomic E-state index is 12.8. The first-order valence-corrected chi connectivity index (χ1v) is 9.22. The number of nitriles is 1. The molecule has 1 aliphatic heterocycles. The van der Waals surface area contributed by atoms with Crippen molar-refractivity contribution in [3.8, 4) is 6.07 Å². The molecule has 9 heteroatoms. The van der Waals surface area contributed by atoms with Gasteiger partial charge in [-0.3, -0.25) is 0 Å². The Morgan fingerprint density at radius 1 is 1.08 bits per heavy atom. The van der Waals surface area contributed by atoms with Crippen molar-refractivity contribution >= 4 is 18.2 Å². The van der Waals surface area contributed by atoms with Gasteiger partial charge >= 0.3 is 18.2 Å². The predicted molar refractivity (Wildman–Crippen MR) is 93.5 cm³/mol. The predicted octanol–water partition coefficient (Wildman–Crippen LogP) is 1.91. The lowest BCUT2D eigenvalue weighted by Crippen LogP contribution is -2.56. The van der Waals surface area contributed by atoms with Gasteiger partial charge in [0.25, 0.3) is 0 Å². The Hall–Kier alpha value is -2.50. The van der Waals surface area contributed by atoms with Gasteiger partial charge in [-0.2, -0.15) is 5.26 Å². The third-order valence-corrected chi connectivity index (χ3v) is 5.10. The van der Waals surface area contributed by atoms with Gasteiger partial charge in [-0.05, 0) is 12.3 Å². The molecule has 2 rings (SSSR count). The van der Waals surface area contributed by atoms with Crippen molar-refractivity contribution in [3.05, 3.63) is 0 Å². The number of nitrogens with one attached hydrogen (secondary N) is 1. The zero-order chi connectivity index (χ0) is 18.9. The van der Waals surface area contributed by atoms with Crippen LogP contribution in [0.4, 0.5) is 14.4 Å². The van der Waals surface area contributed by atoms with Gasteiger partial charge in [0.2, 0.25) is 0 Å². The number of hydrogen-bond acceptors (Lipinski definition) is 4. The van der Waals surface area contributed by atoms with Crippen LogP contribution in [0.5, 0.6) is 0 Å². The van der Waals surface area contributed by atoms with Gasteiger partial charge in [0, 0.05) is 32.7 Å². The molecule has 0 aromatic rings. The fourth-order valence-electron chi connectivity index (χ4n) is 3.54. The van der Waals surface area contributed by atoms with Crippen LogP contribution in [0.15, 0.2) is 0 Å². The molecule has 0 aromatic carbocycles. The Bertz CT molecular complexity index is 548. The summed E-state index contributed by atoms with van der Waals surface area (Å²) in [6.07, 6.45) is 5.64. The van der Waals surface area contributed by atoms with Crippen molar-refractivity contribution in [3.63, 3.8) is 0 Å². The molecular weight excluding hydrogens is 338 g/mol. The van der Waals surface area contributed by atoms with Crippen LogP contribution in [0, 0.1) is 17.2 Å². The minimum absolute atomic E-state index is 0.154. The summed E-state index contributed by atoms with van der Waals surface area (Å²) in [7, 11) is 0. The molecule has 2 aliphatic rings. The third-order valence-electron chi connectivity index (χ3n) is 5.10. The second kappa shape index (κ2) is 9.85. The van der Waals surface area contributed by atoms with Crippen LogP contribution in [-0.2, 0) is 0 Å². The van der Waals surface area contributed by atoms with E-state index in [0.717, 1.165) is 19.3 Å². The molecule has 0 spiro atoms. The van der Waals surface area contributed by atoms with E-state index in [-0.39, 0.29) is 32.7 Å². The molecule has 5 amide bonds. The van der Waals surface area contributed by atoms with Crippen LogP contribution in [0.1, 0.15) is 38.5 Å². The van der Waals surface area contributed by atoms with Crippen LogP contribution in [0.25, 0.3) is 0 Å². The van der Waals surface area contributed by atoms with Crippen LogP contribution < -0.4 is 5.32 Å². The van der Waals surface area contributed by atoms with E-state index >= 15 is 0 Å². The second-order valence-electron chi connectivity index (χ2n) is 6.80. The quantitative estimate of drug-likeness (QED) is 0.738. The zero-order valence-corrected chi connectivity index (χ0v) is 15.0.